The van der Waals surface area contributed by atoms with Gasteiger partial charge in [0.2, 0.25) is 11.8 Å². The first-order valence-electron chi connectivity index (χ1n) is 8.00. The summed E-state index contributed by atoms with van der Waals surface area (Å²) in [6.45, 7) is 0.307. The fourth-order valence-corrected chi connectivity index (χ4v) is 2.89. The van der Waals surface area contributed by atoms with E-state index in [1.165, 1.54) is 0 Å². The van der Waals surface area contributed by atoms with Crippen molar-refractivity contribution in [3.05, 3.63) is 48.5 Å². The average molecular weight is 340 g/mol. The van der Waals surface area contributed by atoms with Crippen LogP contribution in [0.25, 0.3) is 0 Å². The molecule has 1 atom stereocenters. The SMILES string of the molecule is COc1ccc(OC)c(N2CC(C(=O)Nc3ccccc3)CC2=O)c1. The van der Waals surface area contributed by atoms with E-state index in [-0.39, 0.29) is 18.2 Å². The minimum atomic E-state index is -0.413. The highest BCUT2D eigenvalue weighted by Crippen LogP contribution is 2.36. The Kier molecular flexibility index (Phi) is 4.88. The molecule has 1 heterocycles. The number of hydrogen-bond donors (Lipinski definition) is 1. The molecule has 0 saturated carbocycles. The van der Waals surface area contributed by atoms with Crippen LogP contribution in [-0.4, -0.2) is 32.6 Å². The molecule has 2 amide bonds. The fraction of sp³-hybridized carbons (Fsp3) is 0.263. The predicted octanol–water partition coefficient (Wildman–Crippen LogP) is 2.70. The van der Waals surface area contributed by atoms with Gasteiger partial charge in [-0.15, -0.1) is 0 Å². The monoisotopic (exact) mass is 340 g/mol. The van der Waals surface area contributed by atoms with E-state index >= 15 is 0 Å². The quantitative estimate of drug-likeness (QED) is 0.909. The number of methoxy groups -OCH3 is 2. The van der Waals surface area contributed by atoms with E-state index < -0.39 is 5.92 Å². The standard InChI is InChI=1S/C19H20N2O4/c1-24-15-8-9-17(25-2)16(11-15)21-12-13(10-18(21)22)19(23)20-14-6-4-3-5-7-14/h3-9,11,13H,10,12H2,1-2H3,(H,20,23). The van der Waals surface area contributed by atoms with Crippen molar-refractivity contribution in [3.8, 4) is 11.5 Å². The highest BCUT2D eigenvalue weighted by atomic mass is 16.5. The molecular formula is C19H20N2O4. The highest BCUT2D eigenvalue weighted by molar-refractivity contribution is 6.04. The van der Waals surface area contributed by atoms with Gasteiger partial charge in [0, 0.05) is 24.7 Å². The maximum Gasteiger partial charge on any atom is 0.229 e. The van der Waals surface area contributed by atoms with Gasteiger partial charge in [-0.05, 0) is 24.3 Å². The number of ether oxygens (including phenoxy) is 2. The average Bonchev–Trinajstić information content (AvgIpc) is 3.03. The number of rotatable bonds is 5. The second-order valence-electron chi connectivity index (χ2n) is 5.80. The first-order valence-corrected chi connectivity index (χ1v) is 8.00. The van der Waals surface area contributed by atoms with E-state index in [2.05, 4.69) is 5.32 Å². The summed E-state index contributed by atoms with van der Waals surface area (Å²) in [4.78, 5) is 26.5. The van der Waals surface area contributed by atoms with Crippen LogP contribution in [0.15, 0.2) is 48.5 Å². The first kappa shape index (κ1) is 16.8. The second kappa shape index (κ2) is 7.25. The molecule has 0 aliphatic carbocycles. The van der Waals surface area contributed by atoms with Gasteiger partial charge in [0.25, 0.3) is 0 Å². The van der Waals surface area contributed by atoms with E-state index in [0.717, 1.165) is 5.69 Å². The number of anilines is 2. The summed E-state index contributed by atoms with van der Waals surface area (Å²) in [5, 5.41) is 2.85. The van der Waals surface area contributed by atoms with Crippen LogP contribution in [-0.2, 0) is 9.59 Å². The molecule has 25 heavy (non-hydrogen) atoms. The van der Waals surface area contributed by atoms with Gasteiger partial charge in [-0.3, -0.25) is 9.59 Å². The third-order valence-electron chi connectivity index (χ3n) is 4.21. The first-order chi connectivity index (χ1) is 12.1. The van der Waals surface area contributed by atoms with E-state index in [1.807, 2.05) is 30.3 Å². The van der Waals surface area contributed by atoms with Crippen molar-refractivity contribution in [1.29, 1.82) is 0 Å². The van der Waals surface area contributed by atoms with Crippen molar-refractivity contribution < 1.29 is 19.1 Å². The summed E-state index contributed by atoms with van der Waals surface area (Å²) >= 11 is 0. The molecule has 6 nitrogen and oxygen atoms in total. The van der Waals surface area contributed by atoms with Gasteiger partial charge < -0.3 is 19.7 Å². The Morgan fingerprint density at radius 3 is 2.56 bits per heavy atom. The van der Waals surface area contributed by atoms with Crippen LogP contribution in [0.1, 0.15) is 6.42 Å². The Balaban J connectivity index is 1.77. The number of carbonyl (C=O) groups excluding carboxylic acids is 2. The van der Waals surface area contributed by atoms with Crippen molar-refractivity contribution in [2.24, 2.45) is 5.92 Å². The molecular weight excluding hydrogens is 320 g/mol. The number of amides is 2. The Morgan fingerprint density at radius 2 is 1.88 bits per heavy atom. The third-order valence-corrected chi connectivity index (χ3v) is 4.21. The van der Waals surface area contributed by atoms with Crippen LogP contribution >= 0.6 is 0 Å². The van der Waals surface area contributed by atoms with Crippen LogP contribution in [0, 0.1) is 5.92 Å². The lowest BCUT2D eigenvalue weighted by Crippen LogP contribution is -2.28. The fourth-order valence-electron chi connectivity index (χ4n) is 2.89. The Hall–Kier alpha value is -3.02. The smallest absolute Gasteiger partial charge is 0.229 e. The van der Waals surface area contributed by atoms with Crippen molar-refractivity contribution in [1.82, 2.24) is 0 Å². The van der Waals surface area contributed by atoms with Gasteiger partial charge in [0.15, 0.2) is 0 Å². The number of nitrogens with zero attached hydrogens (tertiary/aromatic N) is 1. The predicted molar refractivity (Wildman–Crippen MR) is 95.1 cm³/mol. The molecule has 1 N–H and O–H groups in total. The van der Waals surface area contributed by atoms with E-state index in [4.69, 9.17) is 9.47 Å². The maximum absolute atomic E-state index is 12.5. The van der Waals surface area contributed by atoms with Crippen molar-refractivity contribution in [2.45, 2.75) is 6.42 Å². The van der Waals surface area contributed by atoms with Gasteiger partial charge in [0.05, 0.1) is 25.8 Å². The van der Waals surface area contributed by atoms with Gasteiger partial charge in [-0.1, -0.05) is 18.2 Å². The molecule has 1 fully saturated rings. The molecule has 2 aromatic rings. The maximum atomic E-state index is 12.5. The molecule has 3 rings (SSSR count). The highest BCUT2D eigenvalue weighted by Gasteiger charge is 2.36. The summed E-state index contributed by atoms with van der Waals surface area (Å²) in [6.07, 6.45) is 0.166. The number of carbonyl (C=O) groups is 2. The summed E-state index contributed by atoms with van der Waals surface area (Å²) in [7, 11) is 3.11. The lowest BCUT2D eigenvalue weighted by molar-refractivity contribution is -0.122. The molecule has 0 spiro atoms. The Labute approximate surface area is 146 Å². The number of benzene rings is 2. The zero-order chi connectivity index (χ0) is 17.8. The van der Waals surface area contributed by atoms with Gasteiger partial charge in [0.1, 0.15) is 11.5 Å². The van der Waals surface area contributed by atoms with Gasteiger partial charge in [-0.25, -0.2) is 0 Å². The molecule has 0 bridgehead atoms. The lowest BCUT2D eigenvalue weighted by Gasteiger charge is -2.20. The van der Waals surface area contributed by atoms with E-state index in [1.54, 1.807) is 37.3 Å². The molecule has 0 aromatic heterocycles. The number of para-hydroxylation sites is 1. The normalized spacial score (nSPS) is 16.6. The largest absolute Gasteiger partial charge is 0.497 e. The minimum Gasteiger partial charge on any atom is -0.497 e. The van der Waals surface area contributed by atoms with Crippen LogP contribution in [0.2, 0.25) is 0 Å². The Morgan fingerprint density at radius 1 is 1.12 bits per heavy atom. The second-order valence-corrected chi connectivity index (χ2v) is 5.80. The molecule has 6 heteroatoms. The molecule has 130 valence electrons. The summed E-state index contributed by atoms with van der Waals surface area (Å²) in [5.74, 6) is 0.506. The molecule has 0 radical (unpaired) electrons. The molecule has 1 saturated heterocycles. The molecule has 1 aliphatic heterocycles. The van der Waals surface area contributed by atoms with Crippen molar-refractivity contribution in [3.63, 3.8) is 0 Å². The van der Waals surface area contributed by atoms with Crippen molar-refractivity contribution >= 4 is 23.2 Å². The zero-order valence-corrected chi connectivity index (χ0v) is 14.2. The van der Waals surface area contributed by atoms with Crippen molar-refractivity contribution in [2.75, 3.05) is 31.0 Å². The lowest BCUT2D eigenvalue weighted by atomic mass is 10.1. The van der Waals surface area contributed by atoms with Gasteiger partial charge >= 0.3 is 0 Å². The zero-order valence-electron chi connectivity index (χ0n) is 14.2. The molecule has 1 aliphatic rings. The van der Waals surface area contributed by atoms with Crippen LogP contribution in [0.4, 0.5) is 11.4 Å². The molecule has 2 aromatic carbocycles. The minimum absolute atomic E-state index is 0.111. The van der Waals surface area contributed by atoms with E-state index in [9.17, 15) is 9.59 Å². The van der Waals surface area contributed by atoms with Crippen LogP contribution in [0.3, 0.4) is 0 Å². The number of hydrogen-bond acceptors (Lipinski definition) is 4. The summed E-state index contributed by atoms with van der Waals surface area (Å²) < 4.78 is 10.6. The molecule has 1 unspecified atom stereocenters. The van der Waals surface area contributed by atoms with Crippen LogP contribution < -0.4 is 19.7 Å². The summed E-state index contributed by atoms with van der Waals surface area (Å²) in [5.41, 5.74) is 1.33. The summed E-state index contributed by atoms with van der Waals surface area (Å²) in [6, 6.07) is 14.5. The number of nitrogens with one attached hydrogen (secondary N) is 1. The Bertz CT molecular complexity index is 776. The third kappa shape index (κ3) is 3.57. The van der Waals surface area contributed by atoms with E-state index in [0.29, 0.717) is 23.7 Å². The van der Waals surface area contributed by atoms with Crippen LogP contribution in [0.5, 0.6) is 11.5 Å². The topological polar surface area (TPSA) is 67.9 Å². The van der Waals surface area contributed by atoms with Gasteiger partial charge in [-0.2, -0.15) is 0 Å².